The molecule has 0 nitrogen and oxygen atoms in total. The molecule has 0 aliphatic carbocycles. The molecule has 0 aliphatic rings. The van der Waals surface area contributed by atoms with Gasteiger partial charge in [0.1, 0.15) is 0 Å². The number of rotatable bonds is 6. The fraction of sp³-hybridized carbons (Fsp3) is 0. The number of fused-ring (bicyclic) bond motifs is 3. The van der Waals surface area contributed by atoms with Crippen LogP contribution >= 0.6 is 0 Å². The van der Waals surface area contributed by atoms with Gasteiger partial charge in [0.15, 0.2) is 0 Å². The first-order chi connectivity index (χ1) is 26.8. The summed E-state index contributed by atoms with van der Waals surface area (Å²) in [4.78, 5) is 0. The molecule has 0 amide bonds. The molecule has 252 valence electrons. The first kappa shape index (κ1) is 31.7. The smallest absolute Gasteiger partial charge is 0.00199 e. The maximum Gasteiger partial charge on any atom is -0.00199 e. The summed E-state index contributed by atoms with van der Waals surface area (Å²) in [7, 11) is 0. The standard InChI is InChI=1S/C54H36/c1-3-16-37(17-4-1)41-22-15-23-42(34-41)47-33-32-44(46-25-10-9-24-45(46)43-31-30-38-18-7-8-21-40(38)35-43)36-52(47)54-50-28-13-11-26-48(50)53(39-19-5-2-6-20-39)49-27-12-14-29-51(49)54/h1-36H. The Balaban J connectivity index is 1.27. The van der Waals surface area contributed by atoms with Crippen molar-refractivity contribution in [2.75, 3.05) is 0 Å². The summed E-state index contributed by atoms with van der Waals surface area (Å²) >= 11 is 0. The first-order valence-electron chi connectivity index (χ1n) is 18.7. The highest BCUT2D eigenvalue weighted by atomic mass is 14.2. The van der Waals surface area contributed by atoms with Crippen LogP contribution in [0.5, 0.6) is 0 Å². The van der Waals surface area contributed by atoms with Crippen molar-refractivity contribution in [1.29, 1.82) is 0 Å². The largest absolute Gasteiger partial charge is 0.0622 e. The molecule has 0 atom stereocenters. The lowest BCUT2D eigenvalue weighted by Crippen LogP contribution is -1.94. The summed E-state index contributed by atoms with van der Waals surface area (Å²) in [5.41, 5.74) is 14.7. The molecule has 10 aromatic rings. The molecule has 54 heavy (non-hydrogen) atoms. The number of hydrogen-bond donors (Lipinski definition) is 0. The molecular formula is C54H36. The van der Waals surface area contributed by atoms with Gasteiger partial charge in [0.25, 0.3) is 0 Å². The third-order valence-corrected chi connectivity index (χ3v) is 10.9. The zero-order chi connectivity index (χ0) is 35.8. The number of hydrogen-bond acceptors (Lipinski definition) is 0. The van der Waals surface area contributed by atoms with E-state index in [4.69, 9.17) is 0 Å². The Morgan fingerprint density at radius 2 is 0.630 bits per heavy atom. The van der Waals surface area contributed by atoms with Crippen molar-refractivity contribution in [3.8, 4) is 66.8 Å². The average molecular weight is 685 g/mol. The number of benzene rings is 10. The molecule has 0 unspecified atom stereocenters. The lowest BCUT2D eigenvalue weighted by Gasteiger charge is -2.21. The van der Waals surface area contributed by atoms with Gasteiger partial charge in [-0.3, -0.25) is 0 Å². The Kier molecular flexibility index (Phi) is 7.93. The highest BCUT2D eigenvalue weighted by Crippen LogP contribution is 2.48. The highest BCUT2D eigenvalue weighted by molar-refractivity contribution is 6.22. The zero-order valence-corrected chi connectivity index (χ0v) is 29.8. The lowest BCUT2D eigenvalue weighted by atomic mass is 9.82. The predicted octanol–water partition coefficient (Wildman–Crippen LogP) is 15.1. The van der Waals surface area contributed by atoms with Gasteiger partial charge in [-0.15, -0.1) is 0 Å². The molecule has 10 aromatic carbocycles. The van der Waals surface area contributed by atoms with E-state index in [0.717, 1.165) is 0 Å². The summed E-state index contributed by atoms with van der Waals surface area (Å²) in [5, 5.41) is 7.49. The molecule has 0 aliphatic heterocycles. The van der Waals surface area contributed by atoms with Crippen molar-refractivity contribution >= 4 is 32.3 Å². The van der Waals surface area contributed by atoms with E-state index in [-0.39, 0.29) is 0 Å². The van der Waals surface area contributed by atoms with Gasteiger partial charge in [0, 0.05) is 0 Å². The maximum atomic E-state index is 2.45. The Bertz CT molecular complexity index is 2910. The Morgan fingerprint density at radius 3 is 1.30 bits per heavy atom. The lowest BCUT2D eigenvalue weighted by molar-refractivity contribution is 1.56. The van der Waals surface area contributed by atoms with Crippen LogP contribution in [-0.4, -0.2) is 0 Å². The maximum absolute atomic E-state index is 2.45. The van der Waals surface area contributed by atoms with E-state index in [1.54, 1.807) is 0 Å². The summed E-state index contributed by atoms with van der Waals surface area (Å²) in [6, 6.07) is 79.9. The fourth-order valence-corrected chi connectivity index (χ4v) is 8.35. The van der Waals surface area contributed by atoms with Gasteiger partial charge >= 0.3 is 0 Å². The van der Waals surface area contributed by atoms with Crippen molar-refractivity contribution in [2.24, 2.45) is 0 Å². The van der Waals surface area contributed by atoms with E-state index in [2.05, 4.69) is 218 Å². The third kappa shape index (κ3) is 5.57. The second kappa shape index (κ2) is 13.5. The zero-order valence-electron chi connectivity index (χ0n) is 29.8. The average Bonchev–Trinajstić information content (AvgIpc) is 3.26. The van der Waals surface area contributed by atoms with Crippen LogP contribution in [0.15, 0.2) is 218 Å². The van der Waals surface area contributed by atoms with E-state index in [0.29, 0.717) is 0 Å². The monoisotopic (exact) mass is 684 g/mol. The van der Waals surface area contributed by atoms with Gasteiger partial charge in [-0.05, 0) is 117 Å². The van der Waals surface area contributed by atoms with Gasteiger partial charge in [-0.25, -0.2) is 0 Å². The van der Waals surface area contributed by atoms with Crippen LogP contribution in [0.1, 0.15) is 0 Å². The van der Waals surface area contributed by atoms with Crippen molar-refractivity contribution in [3.05, 3.63) is 218 Å². The van der Waals surface area contributed by atoms with Crippen molar-refractivity contribution in [1.82, 2.24) is 0 Å². The van der Waals surface area contributed by atoms with Crippen LogP contribution in [0.25, 0.3) is 99.1 Å². The van der Waals surface area contributed by atoms with Gasteiger partial charge < -0.3 is 0 Å². The summed E-state index contributed by atoms with van der Waals surface area (Å²) in [5.74, 6) is 0. The molecule has 0 radical (unpaired) electrons. The molecule has 0 bridgehead atoms. The van der Waals surface area contributed by atoms with Crippen LogP contribution < -0.4 is 0 Å². The minimum absolute atomic E-state index is 1.19. The van der Waals surface area contributed by atoms with Crippen LogP contribution in [0, 0.1) is 0 Å². The Labute approximate surface area is 316 Å². The van der Waals surface area contributed by atoms with Crippen LogP contribution in [-0.2, 0) is 0 Å². The molecule has 0 fully saturated rings. The van der Waals surface area contributed by atoms with Gasteiger partial charge in [-0.1, -0.05) is 200 Å². The van der Waals surface area contributed by atoms with Crippen LogP contribution in [0.4, 0.5) is 0 Å². The van der Waals surface area contributed by atoms with Gasteiger partial charge in [0.2, 0.25) is 0 Å². The normalized spacial score (nSPS) is 11.3. The molecule has 0 saturated carbocycles. The summed E-state index contributed by atoms with van der Waals surface area (Å²) < 4.78 is 0. The van der Waals surface area contributed by atoms with Gasteiger partial charge in [-0.2, -0.15) is 0 Å². The first-order valence-corrected chi connectivity index (χ1v) is 18.7. The molecule has 0 aromatic heterocycles. The molecule has 0 N–H and O–H groups in total. The van der Waals surface area contributed by atoms with Crippen LogP contribution in [0.3, 0.4) is 0 Å². The third-order valence-electron chi connectivity index (χ3n) is 10.9. The summed E-state index contributed by atoms with van der Waals surface area (Å²) in [6.45, 7) is 0. The molecular weight excluding hydrogens is 649 g/mol. The Morgan fingerprint density at radius 1 is 0.185 bits per heavy atom. The van der Waals surface area contributed by atoms with E-state index in [1.807, 2.05) is 0 Å². The van der Waals surface area contributed by atoms with Crippen LogP contribution in [0.2, 0.25) is 0 Å². The minimum Gasteiger partial charge on any atom is -0.0622 e. The van der Waals surface area contributed by atoms with Crippen molar-refractivity contribution in [3.63, 3.8) is 0 Å². The van der Waals surface area contributed by atoms with Gasteiger partial charge in [0.05, 0.1) is 0 Å². The van der Waals surface area contributed by atoms with E-state index in [1.165, 1.54) is 99.1 Å². The van der Waals surface area contributed by atoms with Crippen molar-refractivity contribution in [2.45, 2.75) is 0 Å². The second-order valence-electron chi connectivity index (χ2n) is 14.0. The summed E-state index contributed by atoms with van der Waals surface area (Å²) in [6.07, 6.45) is 0. The van der Waals surface area contributed by atoms with E-state index >= 15 is 0 Å². The molecule has 0 saturated heterocycles. The molecule has 0 spiro atoms. The molecule has 0 heteroatoms. The van der Waals surface area contributed by atoms with Crippen molar-refractivity contribution < 1.29 is 0 Å². The topological polar surface area (TPSA) is 0 Å². The molecule has 10 rings (SSSR count). The predicted molar refractivity (Wildman–Crippen MR) is 232 cm³/mol. The highest BCUT2D eigenvalue weighted by Gasteiger charge is 2.20. The minimum atomic E-state index is 1.19. The second-order valence-corrected chi connectivity index (χ2v) is 14.0. The van der Waals surface area contributed by atoms with E-state index in [9.17, 15) is 0 Å². The van der Waals surface area contributed by atoms with E-state index < -0.39 is 0 Å². The fourth-order valence-electron chi connectivity index (χ4n) is 8.35. The molecule has 0 heterocycles. The quantitative estimate of drug-likeness (QED) is 0.153. The SMILES string of the molecule is c1ccc(-c2cccc(-c3ccc(-c4ccccc4-c4ccc5ccccc5c4)cc3-c3c4ccccc4c(-c4ccccc4)c4ccccc34)c2)cc1. The Hall–Kier alpha value is -7.02.